The number of ketones is 1. The smallest absolute Gasteiger partial charge is 0.262 e. The molecule has 2 aromatic heterocycles. The molecule has 0 aliphatic carbocycles. The SMILES string of the molecule is Cc1sc2nc(SCCCC(=O)c3ccccc3)n(C)c(=O)c2c1C. The maximum absolute atomic E-state index is 12.6. The van der Waals surface area contributed by atoms with Crippen molar-refractivity contribution < 1.29 is 4.79 Å². The number of hydrogen-bond donors (Lipinski definition) is 0. The van der Waals surface area contributed by atoms with Gasteiger partial charge in [0.1, 0.15) is 4.83 Å². The van der Waals surface area contributed by atoms with Gasteiger partial charge in [-0.15, -0.1) is 11.3 Å². The zero-order chi connectivity index (χ0) is 18.0. The monoisotopic (exact) mass is 372 g/mol. The van der Waals surface area contributed by atoms with E-state index in [4.69, 9.17) is 0 Å². The molecule has 0 unspecified atom stereocenters. The van der Waals surface area contributed by atoms with Crippen LogP contribution in [0.15, 0.2) is 40.3 Å². The van der Waals surface area contributed by atoms with E-state index in [9.17, 15) is 9.59 Å². The Morgan fingerprint density at radius 2 is 1.96 bits per heavy atom. The van der Waals surface area contributed by atoms with E-state index in [0.717, 1.165) is 38.4 Å². The molecule has 1 aromatic carbocycles. The fourth-order valence-corrected chi connectivity index (χ4v) is 4.63. The molecule has 0 saturated carbocycles. The van der Waals surface area contributed by atoms with Crippen LogP contribution in [0.5, 0.6) is 0 Å². The summed E-state index contributed by atoms with van der Waals surface area (Å²) < 4.78 is 1.62. The molecule has 0 saturated heterocycles. The lowest BCUT2D eigenvalue weighted by molar-refractivity contribution is 0.0982. The Bertz CT molecular complexity index is 974. The summed E-state index contributed by atoms with van der Waals surface area (Å²) in [6.45, 7) is 3.99. The quantitative estimate of drug-likeness (QED) is 0.279. The Morgan fingerprint density at radius 3 is 2.68 bits per heavy atom. The number of fused-ring (bicyclic) bond motifs is 1. The Kier molecular flexibility index (Phi) is 5.39. The van der Waals surface area contributed by atoms with Gasteiger partial charge in [0.25, 0.3) is 5.56 Å². The molecule has 2 heterocycles. The lowest BCUT2D eigenvalue weighted by atomic mass is 10.1. The molecule has 0 radical (unpaired) electrons. The van der Waals surface area contributed by atoms with Gasteiger partial charge in [-0.1, -0.05) is 42.1 Å². The summed E-state index contributed by atoms with van der Waals surface area (Å²) >= 11 is 3.10. The third kappa shape index (κ3) is 3.70. The van der Waals surface area contributed by atoms with Crippen LogP contribution >= 0.6 is 23.1 Å². The molecule has 4 nitrogen and oxygen atoms in total. The fourth-order valence-electron chi connectivity index (χ4n) is 2.65. The van der Waals surface area contributed by atoms with Crippen LogP contribution in [-0.2, 0) is 7.05 Å². The summed E-state index contributed by atoms with van der Waals surface area (Å²) in [5.74, 6) is 0.913. The number of thiophene rings is 1. The number of benzene rings is 1. The van der Waals surface area contributed by atoms with Crippen molar-refractivity contribution in [1.29, 1.82) is 0 Å². The van der Waals surface area contributed by atoms with Gasteiger partial charge in [0, 0.05) is 29.7 Å². The lowest BCUT2D eigenvalue weighted by Crippen LogP contribution is -2.20. The second kappa shape index (κ2) is 7.54. The summed E-state index contributed by atoms with van der Waals surface area (Å²) in [6.07, 6.45) is 1.26. The number of carbonyl (C=O) groups excluding carboxylic acids is 1. The molecule has 0 spiro atoms. The minimum absolute atomic E-state index is 0.00899. The minimum atomic E-state index is 0.00899. The number of carbonyl (C=O) groups is 1. The molecule has 3 aromatic rings. The number of aryl methyl sites for hydroxylation is 2. The number of aromatic nitrogens is 2. The second-order valence-electron chi connectivity index (χ2n) is 5.96. The number of Topliss-reactive ketones (excluding diaryl/α,β-unsaturated/α-hetero) is 1. The molecular weight excluding hydrogens is 352 g/mol. The van der Waals surface area contributed by atoms with Crippen molar-refractivity contribution in [3.8, 4) is 0 Å². The first kappa shape index (κ1) is 17.9. The minimum Gasteiger partial charge on any atom is -0.294 e. The summed E-state index contributed by atoms with van der Waals surface area (Å²) in [5, 5.41) is 1.44. The molecule has 3 rings (SSSR count). The normalized spacial score (nSPS) is 11.2. The third-order valence-electron chi connectivity index (χ3n) is 4.24. The fraction of sp³-hybridized carbons (Fsp3) is 0.316. The van der Waals surface area contributed by atoms with E-state index in [2.05, 4.69) is 4.98 Å². The van der Waals surface area contributed by atoms with Crippen LogP contribution in [-0.4, -0.2) is 21.1 Å². The number of hydrogen-bond acceptors (Lipinski definition) is 5. The maximum Gasteiger partial charge on any atom is 0.262 e. The van der Waals surface area contributed by atoms with Gasteiger partial charge >= 0.3 is 0 Å². The molecule has 0 bridgehead atoms. The largest absolute Gasteiger partial charge is 0.294 e. The highest BCUT2D eigenvalue weighted by Gasteiger charge is 2.15. The van der Waals surface area contributed by atoms with Crippen molar-refractivity contribution in [2.24, 2.45) is 7.05 Å². The van der Waals surface area contributed by atoms with Crippen molar-refractivity contribution >= 4 is 39.1 Å². The average molecular weight is 373 g/mol. The predicted octanol–water partition coefficient (Wildman–Crippen LogP) is 4.37. The molecule has 0 aliphatic rings. The van der Waals surface area contributed by atoms with Crippen molar-refractivity contribution in [1.82, 2.24) is 9.55 Å². The van der Waals surface area contributed by atoms with Crippen LogP contribution in [0.4, 0.5) is 0 Å². The first-order valence-electron chi connectivity index (χ1n) is 8.17. The van der Waals surface area contributed by atoms with Crippen LogP contribution in [0.3, 0.4) is 0 Å². The highest BCUT2D eigenvalue weighted by atomic mass is 32.2. The molecule has 0 amide bonds. The first-order chi connectivity index (χ1) is 12.0. The topological polar surface area (TPSA) is 52.0 Å². The standard InChI is InChI=1S/C19H20N2O2S2/c1-12-13(2)25-17-16(12)18(23)21(3)19(20-17)24-11-7-10-15(22)14-8-5-4-6-9-14/h4-6,8-9H,7,10-11H2,1-3H3. The van der Waals surface area contributed by atoms with Gasteiger partial charge in [-0.3, -0.25) is 14.2 Å². The summed E-state index contributed by atoms with van der Waals surface area (Å²) in [4.78, 5) is 31.3. The van der Waals surface area contributed by atoms with Crippen molar-refractivity contribution in [3.05, 3.63) is 56.7 Å². The van der Waals surface area contributed by atoms with E-state index >= 15 is 0 Å². The van der Waals surface area contributed by atoms with Crippen LogP contribution in [0.1, 0.15) is 33.6 Å². The van der Waals surface area contributed by atoms with Gasteiger partial charge in [0.05, 0.1) is 5.39 Å². The van der Waals surface area contributed by atoms with E-state index in [1.54, 1.807) is 23.0 Å². The lowest BCUT2D eigenvalue weighted by Gasteiger charge is -2.07. The van der Waals surface area contributed by atoms with Crippen LogP contribution in [0.25, 0.3) is 10.2 Å². The molecule has 25 heavy (non-hydrogen) atoms. The van der Waals surface area contributed by atoms with Crippen molar-refractivity contribution in [3.63, 3.8) is 0 Å². The summed E-state index contributed by atoms with van der Waals surface area (Å²) in [5.41, 5.74) is 1.79. The van der Waals surface area contributed by atoms with Gasteiger partial charge < -0.3 is 0 Å². The van der Waals surface area contributed by atoms with Gasteiger partial charge in [-0.2, -0.15) is 0 Å². The zero-order valence-corrected chi connectivity index (χ0v) is 16.2. The molecule has 0 aliphatic heterocycles. The van der Waals surface area contributed by atoms with E-state index in [1.807, 2.05) is 44.2 Å². The molecule has 0 N–H and O–H groups in total. The van der Waals surface area contributed by atoms with Gasteiger partial charge in [-0.25, -0.2) is 4.98 Å². The van der Waals surface area contributed by atoms with Crippen molar-refractivity contribution in [2.75, 3.05) is 5.75 Å². The zero-order valence-electron chi connectivity index (χ0n) is 14.5. The van der Waals surface area contributed by atoms with E-state index in [1.165, 1.54) is 11.8 Å². The van der Waals surface area contributed by atoms with Gasteiger partial charge in [0.15, 0.2) is 10.9 Å². The maximum atomic E-state index is 12.6. The Balaban J connectivity index is 1.67. The Morgan fingerprint density at radius 1 is 1.24 bits per heavy atom. The van der Waals surface area contributed by atoms with Gasteiger partial charge in [0.2, 0.25) is 0 Å². The highest BCUT2D eigenvalue weighted by Crippen LogP contribution is 2.28. The second-order valence-corrected chi connectivity index (χ2v) is 8.23. The summed E-state index contributed by atoms with van der Waals surface area (Å²) in [7, 11) is 1.76. The van der Waals surface area contributed by atoms with Crippen LogP contribution in [0, 0.1) is 13.8 Å². The van der Waals surface area contributed by atoms with E-state index < -0.39 is 0 Å². The number of rotatable bonds is 6. The molecule has 0 fully saturated rings. The highest BCUT2D eigenvalue weighted by molar-refractivity contribution is 7.99. The number of thioether (sulfide) groups is 1. The van der Waals surface area contributed by atoms with E-state index in [0.29, 0.717) is 11.6 Å². The van der Waals surface area contributed by atoms with Crippen LogP contribution < -0.4 is 5.56 Å². The Hall–Kier alpha value is -1.92. The molecule has 0 atom stereocenters. The van der Waals surface area contributed by atoms with E-state index in [-0.39, 0.29) is 11.3 Å². The number of nitrogens with zero attached hydrogens (tertiary/aromatic N) is 2. The van der Waals surface area contributed by atoms with Gasteiger partial charge in [-0.05, 0) is 25.8 Å². The van der Waals surface area contributed by atoms with Crippen LogP contribution in [0.2, 0.25) is 0 Å². The average Bonchev–Trinajstić information content (AvgIpc) is 2.90. The molecule has 130 valence electrons. The summed E-state index contributed by atoms with van der Waals surface area (Å²) in [6, 6.07) is 9.35. The Labute approximate surface area is 154 Å². The predicted molar refractivity (Wildman–Crippen MR) is 105 cm³/mol. The van der Waals surface area contributed by atoms with Crippen molar-refractivity contribution in [2.45, 2.75) is 31.8 Å². The molecular formula is C19H20N2O2S2. The first-order valence-corrected chi connectivity index (χ1v) is 9.97. The third-order valence-corrected chi connectivity index (χ3v) is 6.46. The molecule has 6 heteroatoms.